The van der Waals surface area contributed by atoms with E-state index >= 15 is 0 Å². The molecule has 0 heterocycles. The molecule has 0 aliphatic heterocycles. The van der Waals surface area contributed by atoms with Crippen LogP contribution in [0.3, 0.4) is 0 Å². The van der Waals surface area contributed by atoms with Gasteiger partial charge >= 0.3 is 0 Å². The van der Waals surface area contributed by atoms with Crippen LogP contribution in [0.15, 0.2) is 18.2 Å². The topological polar surface area (TPSA) is 0 Å². The van der Waals surface area contributed by atoms with Gasteiger partial charge in [-0.3, -0.25) is 0 Å². The molecule has 1 unspecified atom stereocenters. The van der Waals surface area contributed by atoms with Gasteiger partial charge in [-0.15, -0.1) is 0 Å². The molecule has 0 aromatic heterocycles. The van der Waals surface area contributed by atoms with Gasteiger partial charge in [-0.25, -0.2) is 0 Å². The van der Waals surface area contributed by atoms with Crippen molar-refractivity contribution in [3.05, 3.63) is 34.9 Å². The summed E-state index contributed by atoms with van der Waals surface area (Å²) in [5.41, 5.74) is 5.27. The minimum atomic E-state index is 0.316. The molecule has 0 heteroatoms. The van der Waals surface area contributed by atoms with E-state index in [-0.39, 0.29) is 0 Å². The number of rotatable bonds is 0. The Labute approximate surface area is 100 Å². The lowest BCUT2D eigenvalue weighted by atomic mass is 9.57. The summed E-state index contributed by atoms with van der Waals surface area (Å²) in [6.07, 6.45) is 1.29. The highest BCUT2D eigenvalue weighted by molar-refractivity contribution is 5.46. The highest BCUT2D eigenvalue weighted by Crippen LogP contribution is 2.49. The third-order valence-electron chi connectivity index (χ3n) is 4.69. The molecule has 0 radical (unpaired) electrons. The Morgan fingerprint density at radius 3 is 2.38 bits per heavy atom. The van der Waals surface area contributed by atoms with Gasteiger partial charge in [0.05, 0.1) is 0 Å². The third kappa shape index (κ3) is 1.50. The Bertz CT molecular complexity index is 410. The quantitative estimate of drug-likeness (QED) is 0.595. The Balaban J connectivity index is 2.73. The van der Waals surface area contributed by atoms with E-state index in [0.29, 0.717) is 10.8 Å². The Morgan fingerprint density at radius 1 is 1.12 bits per heavy atom. The second-order valence-corrected chi connectivity index (χ2v) is 6.71. The summed E-state index contributed by atoms with van der Waals surface area (Å²) in [7, 11) is 0. The minimum absolute atomic E-state index is 0.316. The van der Waals surface area contributed by atoms with E-state index in [1.54, 1.807) is 11.1 Å². The third-order valence-corrected chi connectivity index (χ3v) is 4.69. The lowest BCUT2D eigenvalue weighted by Gasteiger charge is -2.47. The molecule has 0 nitrogen and oxygen atoms in total. The number of fused-ring (bicyclic) bond motifs is 1. The summed E-state index contributed by atoms with van der Waals surface area (Å²) in [6, 6.07) is 6.80. The summed E-state index contributed by atoms with van der Waals surface area (Å²) < 4.78 is 0. The zero-order valence-electron chi connectivity index (χ0n) is 11.5. The largest absolute Gasteiger partial charge is 0.0617 e. The number of hydrogen-bond acceptors (Lipinski definition) is 0. The predicted molar refractivity (Wildman–Crippen MR) is 71.0 cm³/mol. The molecule has 0 bridgehead atoms. The first-order valence-corrected chi connectivity index (χ1v) is 6.37. The van der Waals surface area contributed by atoms with Crippen molar-refractivity contribution in [2.75, 3.05) is 0 Å². The van der Waals surface area contributed by atoms with Gasteiger partial charge in [-0.2, -0.15) is 0 Å². The van der Waals surface area contributed by atoms with E-state index in [9.17, 15) is 0 Å². The van der Waals surface area contributed by atoms with Crippen LogP contribution in [0.1, 0.15) is 57.7 Å². The molecule has 0 spiro atoms. The van der Waals surface area contributed by atoms with E-state index in [0.717, 1.165) is 5.92 Å². The Hall–Kier alpha value is -0.780. The van der Waals surface area contributed by atoms with E-state index in [2.05, 4.69) is 59.7 Å². The molecule has 0 fully saturated rings. The molecule has 16 heavy (non-hydrogen) atoms. The molecule has 1 aromatic carbocycles. The van der Waals surface area contributed by atoms with Crippen molar-refractivity contribution in [3.8, 4) is 0 Å². The van der Waals surface area contributed by atoms with Gasteiger partial charge in [-0.1, -0.05) is 52.8 Å². The van der Waals surface area contributed by atoms with Crippen LogP contribution in [-0.4, -0.2) is 0 Å². The monoisotopic (exact) mass is 216 g/mol. The van der Waals surface area contributed by atoms with Crippen LogP contribution >= 0.6 is 0 Å². The van der Waals surface area contributed by atoms with Crippen molar-refractivity contribution < 1.29 is 0 Å². The normalized spacial score (nSPS) is 26.2. The maximum Gasteiger partial charge on any atom is -0.00721 e. The zero-order valence-corrected chi connectivity index (χ0v) is 11.5. The second kappa shape index (κ2) is 3.35. The van der Waals surface area contributed by atoms with Crippen molar-refractivity contribution in [3.63, 3.8) is 0 Å². The standard InChI is InChI=1S/C16H24/c1-11-8-7-9-13-14(11)16(5,6)12(2)10-15(13,3)4/h7-9,12H,10H2,1-6H3. The molecule has 2 rings (SSSR count). The van der Waals surface area contributed by atoms with Gasteiger partial charge in [0.2, 0.25) is 0 Å². The first kappa shape index (κ1) is 11.7. The predicted octanol–water partition coefficient (Wildman–Crippen LogP) is 4.59. The van der Waals surface area contributed by atoms with Gasteiger partial charge in [0.25, 0.3) is 0 Å². The van der Waals surface area contributed by atoms with E-state index < -0.39 is 0 Å². The first-order chi connectivity index (χ1) is 7.27. The molecule has 0 N–H and O–H groups in total. The maximum absolute atomic E-state index is 2.40. The molecule has 0 saturated carbocycles. The number of hydrogen-bond donors (Lipinski definition) is 0. The summed E-state index contributed by atoms with van der Waals surface area (Å²) in [5.74, 6) is 0.746. The van der Waals surface area contributed by atoms with Crippen LogP contribution in [0.25, 0.3) is 0 Å². The zero-order chi connectivity index (χ0) is 12.1. The smallest absolute Gasteiger partial charge is 0.00721 e. The maximum atomic E-state index is 2.40. The van der Waals surface area contributed by atoms with Gasteiger partial charge < -0.3 is 0 Å². The van der Waals surface area contributed by atoms with Crippen molar-refractivity contribution in [1.82, 2.24) is 0 Å². The molecule has 0 saturated heterocycles. The first-order valence-electron chi connectivity index (χ1n) is 6.37. The van der Waals surface area contributed by atoms with E-state index in [1.165, 1.54) is 12.0 Å². The van der Waals surface area contributed by atoms with E-state index in [1.807, 2.05) is 0 Å². The van der Waals surface area contributed by atoms with Crippen molar-refractivity contribution >= 4 is 0 Å². The fraction of sp³-hybridized carbons (Fsp3) is 0.625. The van der Waals surface area contributed by atoms with Crippen molar-refractivity contribution in [1.29, 1.82) is 0 Å². The molecule has 1 aliphatic carbocycles. The Morgan fingerprint density at radius 2 is 1.75 bits per heavy atom. The lowest BCUT2D eigenvalue weighted by Crippen LogP contribution is -2.40. The molecule has 1 atom stereocenters. The molecule has 1 aromatic rings. The van der Waals surface area contributed by atoms with Gasteiger partial charge in [-0.05, 0) is 46.8 Å². The number of benzene rings is 1. The number of aryl methyl sites for hydroxylation is 1. The van der Waals surface area contributed by atoms with Gasteiger partial charge in [0, 0.05) is 0 Å². The summed E-state index contributed by atoms with van der Waals surface area (Å²) in [6.45, 7) is 14.2. The van der Waals surface area contributed by atoms with Crippen LogP contribution in [0.4, 0.5) is 0 Å². The molecule has 1 aliphatic rings. The van der Waals surface area contributed by atoms with Gasteiger partial charge in [0.15, 0.2) is 0 Å². The fourth-order valence-corrected chi connectivity index (χ4v) is 3.46. The average Bonchev–Trinajstić information content (AvgIpc) is 2.14. The van der Waals surface area contributed by atoms with Crippen molar-refractivity contribution in [2.45, 2.75) is 58.8 Å². The minimum Gasteiger partial charge on any atom is -0.0617 e. The fourth-order valence-electron chi connectivity index (χ4n) is 3.46. The average molecular weight is 216 g/mol. The molecule has 0 amide bonds. The SMILES string of the molecule is Cc1cccc2c1C(C)(C)C(C)CC2(C)C. The Kier molecular flexibility index (Phi) is 2.45. The van der Waals surface area contributed by atoms with Crippen LogP contribution in [-0.2, 0) is 10.8 Å². The van der Waals surface area contributed by atoms with Crippen LogP contribution in [0.2, 0.25) is 0 Å². The summed E-state index contributed by atoms with van der Waals surface area (Å²) >= 11 is 0. The lowest BCUT2D eigenvalue weighted by molar-refractivity contribution is 0.232. The van der Waals surface area contributed by atoms with Crippen LogP contribution in [0, 0.1) is 12.8 Å². The van der Waals surface area contributed by atoms with Crippen molar-refractivity contribution in [2.24, 2.45) is 5.92 Å². The summed E-state index contributed by atoms with van der Waals surface area (Å²) in [4.78, 5) is 0. The molecular weight excluding hydrogens is 192 g/mol. The van der Waals surface area contributed by atoms with Crippen LogP contribution < -0.4 is 0 Å². The molecule has 88 valence electrons. The molecular formula is C16H24. The highest BCUT2D eigenvalue weighted by atomic mass is 14.5. The van der Waals surface area contributed by atoms with Gasteiger partial charge in [0.1, 0.15) is 0 Å². The highest BCUT2D eigenvalue weighted by Gasteiger charge is 2.42. The second-order valence-electron chi connectivity index (χ2n) is 6.71. The van der Waals surface area contributed by atoms with Crippen LogP contribution in [0.5, 0.6) is 0 Å². The summed E-state index contributed by atoms with van der Waals surface area (Å²) in [5, 5.41) is 0. The van der Waals surface area contributed by atoms with E-state index in [4.69, 9.17) is 0 Å².